The van der Waals surface area contributed by atoms with Gasteiger partial charge < -0.3 is 31.8 Å². The number of nitrogens with two attached hydrogens (primary N) is 2. The molecule has 0 radical (unpaired) electrons. The van der Waals surface area contributed by atoms with Gasteiger partial charge in [0.1, 0.15) is 17.7 Å². The number of nitrogens with zero attached hydrogens (tertiary/aromatic N) is 3. The van der Waals surface area contributed by atoms with Crippen LogP contribution in [0.1, 0.15) is 84.3 Å². The summed E-state index contributed by atoms with van der Waals surface area (Å²) in [5.74, 6) is -13.6. The average Bonchev–Trinajstić information content (AvgIpc) is 3.67. The molecule has 0 spiro atoms. The summed E-state index contributed by atoms with van der Waals surface area (Å²) in [6, 6.07) is 4.00. The van der Waals surface area contributed by atoms with Gasteiger partial charge in [0.25, 0.3) is 0 Å². The fourth-order valence-electron chi connectivity index (χ4n) is 5.86. The lowest BCUT2D eigenvalue weighted by Crippen LogP contribution is -2.62. The fourth-order valence-corrected chi connectivity index (χ4v) is 5.86. The lowest BCUT2D eigenvalue weighted by Gasteiger charge is -2.36. The topological polar surface area (TPSA) is 233 Å². The first-order valence-electron chi connectivity index (χ1n) is 18.7. The Kier molecular flexibility index (Phi) is 16.2. The summed E-state index contributed by atoms with van der Waals surface area (Å²) in [6.45, 7) is 11.4. The molecule has 0 saturated heterocycles. The molecule has 2 aromatic heterocycles. The summed E-state index contributed by atoms with van der Waals surface area (Å²) in [6.07, 6.45) is 2.60. The molecule has 0 bridgehead atoms. The summed E-state index contributed by atoms with van der Waals surface area (Å²) >= 11 is 0. The fraction of sp³-hybridized carbons (Fsp3) is 0.500. The number of Topliss-reactive ketones (excluding diaryl/α,β-unsaturated/α-hetero) is 2. The van der Waals surface area contributed by atoms with Crippen LogP contribution in [-0.2, 0) is 41.6 Å². The molecule has 17 heteroatoms. The SMILES string of the molecule is CC[C@H](C)[C@H](N)C(=O)N(C(=O)C(F)(F)C(=O)C(N)CC(C)C)C(C(=O)[C@H](Cc1c[nH]cn1)NC(=O)[C@H](Cc1ccccc1)NC(=O)OC(C)(C)C)c1ccccn1. The zero-order valence-corrected chi connectivity index (χ0v) is 33.3. The average molecular weight is 797 g/mol. The van der Waals surface area contributed by atoms with Crippen LogP contribution in [0, 0.1) is 11.8 Å². The van der Waals surface area contributed by atoms with Crippen molar-refractivity contribution in [3.8, 4) is 0 Å². The number of hydrogen-bond acceptors (Lipinski definition) is 11. The van der Waals surface area contributed by atoms with Crippen molar-refractivity contribution in [2.75, 3.05) is 0 Å². The van der Waals surface area contributed by atoms with Gasteiger partial charge in [-0.1, -0.05) is 70.5 Å². The Morgan fingerprint density at radius 1 is 0.895 bits per heavy atom. The van der Waals surface area contributed by atoms with Gasteiger partial charge in [0.15, 0.2) is 5.78 Å². The minimum Gasteiger partial charge on any atom is -0.444 e. The van der Waals surface area contributed by atoms with Crippen LogP contribution in [0.2, 0.25) is 0 Å². The van der Waals surface area contributed by atoms with Crippen molar-refractivity contribution in [1.82, 2.24) is 30.5 Å². The third-order valence-electron chi connectivity index (χ3n) is 9.05. The number of aromatic nitrogens is 3. The third kappa shape index (κ3) is 12.8. The highest BCUT2D eigenvalue weighted by Crippen LogP contribution is 2.31. The molecule has 15 nitrogen and oxygen atoms in total. The molecular formula is C40H54F2N8O7. The van der Waals surface area contributed by atoms with E-state index in [1.807, 2.05) is 0 Å². The highest BCUT2D eigenvalue weighted by Gasteiger charge is 2.56. The Bertz CT molecular complexity index is 1820. The number of ether oxygens (including phenoxy) is 1. The smallest absolute Gasteiger partial charge is 0.408 e. The molecule has 310 valence electrons. The van der Waals surface area contributed by atoms with Crippen LogP contribution in [0.25, 0.3) is 0 Å². The number of imide groups is 1. The molecule has 7 N–H and O–H groups in total. The second kappa shape index (κ2) is 20.1. The van der Waals surface area contributed by atoms with Crippen LogP contribution in [-0.4, -0.2) is 90.9 Å². The maximum Gasteiger partial charge on any atom is 0.408 e. The van der Waals surface area contributed by atoms with Gasteiger partial charge in [0.2, 0.25) is 17.6 Å². The Morgan fingerprint density at radius 2 is 1.54 bits per heavy atom. The highest BCUT2D eigenvalue weighted by molar-refractivity contribution is 6.16. The predicted molar refractivity (Wildman–Crippen MR) is 206 cm³/mol. The monoisotopic (exact) mass is 796 g/mol. The summed E-state index contributed by atoms with van der Waals surface area (Å²) in [4.78, 5) is 94.9. The van der Waals surface area contributed by atoms with Crippen molar-refractivity contribution in [2.24, 2.45) is 23.3 Å². The first kappa shape index (κ1) is 46.0. The van der Waals surface area contributed by atoms with E-state index in [4.69, 9.17) is 16.2 Å². The number of carbonyl (C=O) groups is 6. The molecule has 4 amide bonds. The summed E-state index contributed by atoms with van der Waals surface area (Å²) in [5, 5.41) is 5.13. The van der Waals surface area contributed by atoms with Crippen molar-refractivity contribution in [3.05, 3.63) is 84.2 Å². The molecular weight excluding hydrogens is 742 g/mol. The number of benzene rings is 1. The standard InChI is InChI=1S/C40H54F2N8O7/c1-8-24(4)31(44)36(54)50(37(55)40(41,42)34(52)27(43)18-23(2)3)32(28-16-12-13-17-46-28)33(51)29(20-26-21-45-22-47-26)48-35(53)30(19-25-14-10-9-11-15-25)49-38(56)57-39(5,6)7/h9-17,21-24,27,29-32H,8,18-20,43-44H2,1-7H3,(H,45,47)(H,48,53)(H,49,56)/t24-,27?,29-,30-,31-,32?/m0/s1. The highest BCUT2D eigenvalue weighted by atomic mass is 19.3. The molecule has 1 aromatic carbocycles. The minimum absolute atomic E-state index is 0.0222. The van der Waals surface area contributed by atoms with Crippen LogP contribution in [0.5, 0.6) is 0 Å². The molecule has 0 saturated carbocycles. The number of carbonyl (C=O) groups excluding carboxylic acids is 6. The van der Waals surface area contributed by atoms with Crippen molar-refractivity contribution < 1.29 is 42.3 Å². The quantitative estimate of drug-likeness (QED) is 0.110. The number of hydrogen-bond donors (Lipinski definition) is 5. The number of amides is 4. The normalized spacial score (nSPS) is 15.0. The van der Waals surface area contributed by atoms with Crippen molar-refractivity contribution in [3.63, 3.8) is 0 Å². The van der Waals surface area contributed by atoms with E-state index < -0.39 is 83.0 Å². The molecule has 0 aliphatic rings. The first-order chi connectivity index (χ1) is 26.7. The maximum atomic E-state index is 16.2. The van der Waals surface area contributed by atoms with Crippen molar-refractivity contribution in [2.45, 2.75) is 116 Å². The van der Waals surface area contributed by atoms with Crippen LogP contribution < -0.4 is 22.1 Å². The van der Waals surface area contributed by atoms with Gasteiger partial charge in [-0.25, -0.2) is 9.78 Å². The van der Waals surface area contributed by atoms with E-state index in [2.05, 4.69) is 25.6 Å². The molecule has 3 aromatic rings. The van der Waals surface area contributed by atoms with Gasteiger partial charge in [-0.05, 0) is 56.7 Å². The third-order valence-corrected chi connectivity index (χ3v) is 9.05. The van der Waals surface area contributed by atoms with Gasteiger partial charge in [-0.3, -0.25) is 33.9 Å². The lowest BCUT2D eigenvalue weighted by atomic mass is 9.91. The molecule has 2 heterocycles. The van der Waals surface area contributed by atoms with Gasteiger partial charge in [-0.15, -0.1) is 0 Å². The number of alkyl carbamates (subject to hydrolysis) is 1. The number of nitrogens with one attached hydrogen (secondary N) is 3. The largest absolute Gasteiger partial charge is 0.444 e. The number of rotatable bonds is 19. The zero-order valence-electron chi connectivity index (χ0n) is 33.3. The van der Waals surface area contributed by atoms with E-state index in [1.54, 1.807) is 78.8 Å². The summed E-state index contributed by atoms with van der Waals surface area (Å²) in [7, 11) is 0. The van der Waals surface area contributed by atoms with E-state index in [0.717, 1.165) is 0 Å². The number of H-pyrrole nitrogens is 1. The van der Waals surface area contributed by atoms with E-state index >= 15 is 13.6 Å². The van der Waals surface area contributed by atoms with Gasteiger partial charge in [-0.2, -0.15) is 8.78 Å². The second-order valence-corrected chi connectivity index (χ2v) is 15.4. The predicted octanol–water partition coefficient (Wildman–Crippen LogP) is 3.58. The summed E-state index contributed by atoms with van der Waals surface area (Å²) in [5.41, 5.74) is 11.7. The van der Waals surface area contributed by atoms with Crippen LogP contribution >= 0.6 is 0 Å². The molecule has 57 heavy (non-hydrogen) atoms. The maximum absolute atomic E-state index is 16.2. The van der Waals surface area contributed by atoms with Gasteiger partial charge in [0.05, 0.1) is 35.8 Å². The number of alkyl halides is 2. The number of imidazole rings is 1. The second-order valence-electron chi connectivity index (χ2n) is 15.4. The molecule has 3 rings (SSSR count). The number of pyridine rings is 1. The molecule has 0 aliphatic heterocycles. The van der Waals surface area contributed by atoms with Crippen molar-refractivity contribution in [1.29, 1.82) is 0 Å². The van der Waals surface area contributed by atoms with E-state index in [-0.39, 0.29) is 47.9 Å². The molecule has 0 fully saturated rings. The lowest BCUT2D eigenvalue weighted by molar-refractivity contribution is -0.174. The van der Waals surface area contributed by atoms with Gasteiger partial charge >= 0.3 is 17.9 Å². The number of ketones is 2. The number of halogens is 2. The Hall–Kier alpha value is -5.42. The zero-order chi connectivity index (χ0) is 42.7. The van der Waals surface area contributed by atoms with Crippen molar-refractivity contribution >= 4 is 35.4 Å². The molecule has 0 aliphatic carbocycles. The van der Waals surface area contributed by atoms with E-state index in [1.165, 1.54) is 36.9 Å². The Balaban J connectivity index is 2.22. The number of aromatic amines is 1. The first-order valence-corrected chi connectivity index (χ1v) is 18.7. The van der Waals surface area contributed by atoms with Crippen LogP contribution in [0.15, 0.2) is 67.3 Å². The molecule has 2 unspecified atom stereocenters. The van der Waals surface area contributed by atoms with Crippen LogP contribution in [0.3, 0.4) is 0 Å². The summed E-state index contributed by atoms with van der Waals surface area (Å²) < 4.78 is 37.8. The Morgan fingerprint density at radius 3 is 2.09 bits per heavy atom. The van der Waals surface area contributed by atoms with Gasteiger partial charge in [0, 0.05) is 25.2 Å². The molecule has 6 atom stereocenters. The minimum atomic E-state index is -4.90. The Labute approximate surface area is 331 Å². The van der Waals surface area contributed by atoms with E-state index in [0.29, 0.717) is 5.56 Å². The van der Waals surface area contributed by atoms with Crippen LogP contribution in [0.4, 0.5) is 13.6 Å². The van der Waals surface area contributed by atoms with E-state index in [9.17, 15) is 24.0 Å².